The molecule has 0 fully saturated rings. The second-order valence-corrected chi connectivity index (χ2v) is 6.10. The van der Waals surface area contributed by atoms with Crippen LogP contribution in [-0.2, 0) is 11.3 Å². The largest absolute Gasteiger partial charge is 0.497 e. The second-order valence-electron chi connectivity index (χ2n) is 6.10. The van der Waals surface area contributed by atoms with Crippen LogP contribution in [0, 0.1) is 0 Å². The fourth-order valence-electron chi connectivity index (χ4n) is 2.41. The van der Waals surface area contributed by atoms with Gasteiger partial charge in [-0.15, -0.1) is 0 Å². The van der Waals surface area contributed by atoms with Crippen LogP contribution in [0.1, 0.15) is 41.6 Å². The summed E-state index contributed by atoms with van der Waals surface area (Å²) in [6.45, 7) is 4.18. The molecular formula is C20H20N2O4. The molecule has 0 radical (unpaired) electrons. The topological polar surface area (TPSA) is 74.5 Å². The number of methoxy groups -OCH3 is 1. The molecular weight excluding hydrogens is 332 g/mol. The number of carbonyl (C=O) groups excluding carboxylic acids is 1. The lowest BCUT2D eigenvalue weighted by Crippen LogP contribution is -2.05. The van der Waals surface area contributed by atoms with Crippen LogP contribution in [0.25, 0.3) is 11.4 Å². The number of benzene rings is 2. The van der Waals surface area contributed by atoms with E-state index in [1.165, 1.54) is 12.7 Å². The average Bonchev–Trinajstić information content (AvgIpc) is 3.15. The molecule has 0 saturated carbocycles. The lowest BCUT2D eigenvalue weighted by molar-refractivity contribution is 0.0429. The molecule has 0 unspecified atom stereocenters. The molecule has 6 nitrogen and oxygen atoms in total. The van der Waals surface area contributed by atoms with Gasteiger partial charge in [0.15, 0.2) is 6.61 Å². The van der Waals surface area contributed by atoms with Crippen LogP contribution in [0.2, 0.25) is 0 Å². The van der Waals surface area contributed by atoms with Gasteiger partial charge in [0.1, 0.15) is 5.75 Å². The quantitative estimate of drug-likeness (QED) is 0.618. The summed E-state index contributed by atoms with van der Waals surface area (Å²) in [5.41, 5.74) is 2.49. The normalized spacial score (nSPS) is 10.8. The SMILES string of the molecule is COc1cccc(C(=O)OCc2nc(-c3ccc(C(C)C)cc3)no2)c1. The maximum absolute atomic E-state index is 12.1. The Hall–Kier alpha value is -3.15. The van der Waals surface area contributed by atoms with Gasteiger partial charge in [-0.3, -0.25) is 0 Å². The minimum absolute atomic E-state index is 0.0902. The molecule has 1 aromatic heterocycles. The van der Waals surface area contributed by atoms with Gasteiger partial charge in [-0.1, -0.05) is 49.3 Å². The third-order valence-electron chi connectivity index (χ3n) is 3.94. The van der Waals surface area contributed by atoms with Crippen molar-refractivity contribution in [2.45, 2.75) is 26.4 Å². The van der Waals surface area contributed by atoms with Crippen LogP contribution in [0.3, 0.4) is 0 Å². The summed E-state index contributed by atoms with van der Waals surface area (Å²) in [4.78, 5) is 16.4. The first-order valence-corrected chi connectivity index (χ1v) is 8.31. The molecule has 1 heterocycles. The zero-order chi connectivity index (χ0) is 18.5. The van der Waals surface area contributed by atoms with Crippen molar-refractivity contribution in [2.24, 2.45) is 0 Å². The summed E-state index contributed by atoms with van der Waals surface area (Å²) >= 11 is 0. The Labute approximate surface area is 151 Å². The number of hydrogen-bond acceptors (Lipinski definition) is 6. The van der Waals surface area contributed by atoms with Gasteiger partial charge in [-0.2, -0.15) is 4.98 Å². The first-order chi connectivity index (χ1) is 12.6. The highest BCUT2D eigenvalue weighted by atomic mass is 16.6. The van der Waals surface area contributed by atoms with E-state index in [1.54, 1.807) is 24.3 Å². The summed E-state index contributed by atoms with van der Waals surface area (Å²) in [7, 11) is 1.54. The number of nitrogens with zero attached hydrogens (tertiary/aromatic N) is 2. The molecule has 2 aromatic carbocycles. The molecule has 3 aromatic rings. The number of aromatic nitrogens is 2. The second kappa shape index (κ2) is 7.82. The van der Waals surface area contributed by atoms with Crippen LogP contribution in [0.4, 0.5) is 0 Å². The molecule has 0 aliphatic carbocycles. The van der Waals surface area contributed by atoms with Gasteiger partial charge in [0.05, 0.1) is 12.7 Å². The smallest absolute Gasteiger partial charge is 0.338 e. The number of hydrogen-bond donors (Lipinski definition) is 0. The molecule has 0 N–H and O–H groups in total. The van der Waals surface area contributed by atoms with E-state index in [-0.39, 0.29) is 12.5 Å². The fraction of sp³-hybridized carbons (Fsp3) is 0.250. The summed E-state index contributed by atoms with van der Waals surface area (Å²) in [6.07, 6.45) is 0. The van der Waals surface area contributed by atoms with Gasteiger partial charge >= 0.3 is 5.97 Å². The molecule has 134 valence electrons. The zero-order valence-corrected chi connectivity index (χ0v) is 14.9. The average molecular weight is 352 g/mol. The van der Waals surface area contributed by atoms with E-state index in [0.29, 0.717) is 23.1 Å². The first kappa shape index (κ1) is 17.7. The molecule has 0 spiro atoms. The number of ether oxygens (including phenoxy) is 2. The van der Waals surface area contributed by atoms with E-state index < -0.39 is 5.97 Å². The Bertz CT molecular complexity index is 885. The molecule has 26 heavy (non-hydrogen) atoms. The highest BCUT2D eigenvalue weighted by Crippen LogP contribution is 2.21. The predicted molar refractivity (Wildman–Crippen MR) is 95.9 cm³/mol. The maximum atomic E-state index is 12.1. The van der Waals surface area contributed by atoms with Crippen molar-refractivity contribution in [3.05, 3.63) is 65.5 Å². The van der Waals surface area contributed by atoms with Crippen molar-refractivity contribution in [1.82, 2.24) is 10.1 Å². The minimum atomic E-state index is -0.482. The summed E-state index contributed by atoms with van der Waals surface area (Å²) in [5.74, 6) is 1.27. The van der Waals surface area contributed by atoms with Crippen LogP contribution in [-0.4, -0.2) is 23.2 Å². The molecule has 0 aliphatic rings. The molecule has 0 atom stereocenters. The summed E-state index contributed by atoms with van der Waals surface area (Å²) in [5, 5.41) is 3.94. The van der Waals surface area contributed by atoms with Gasteiger partial charge in [0, 0.05) is 5.56 Å². The number of rotatable bonds is 6. The Balaban J connectivity index is 1.64. The number of carbonyl (C=O) groups is 1. The van der Waals surface area contributed by atoms with E-state index in [2.05, 4.69) is 24.0 Å². The molecule has 6 heteroatoms. The molecule has 3 rings (SSSR count). The van der Waals surface area contributed by atoms with Crippen LogP contribution < -0.4 is 4.74 Å². The van der Waals surface area contributed by atoms with Gasteiger partial charge in [0.25, 0.3) is 5.89 Å². The zero-order valence-electron chi connectivity index (χ0n) is 14.9. The first-order valence-electron chi connectivity index (χ1n) is 8.31. The van der Waals surface area contributed by atoms with Crippen LogP contribution >= 0.6 is 0 Å². The van der Waals surface area contributed by atoms with E-state index in [9.17, 15) is 4.79 Å². The highest BCUT2D eigenvalue weighted by Gasteiger charge is 2.13. The van der Waals surface area contributed by atoms with Crippen molar-refractivity contribution in [1.29, 1.82) is 0 Å². The summed E-state index contributed by atoms with van der Waals surface area (Å²) < 4.78 is 15.5. The Morgan fingerprint density at radius 2 is 1.92 bits per heavy atom. The molecule has 0 saturated heterocycles. The summed E-state index contributed by atoms with van der Waals surface area (Å²) in [6, 6.07) is 14.7. The van der Waals surface area contributed by atoms with Gasteiger partial charge in [-0.05, 0) is 29.7 Å². The maximum Gasteiger partial charge on any atom is 0.338 e. The van der Waals surface area contributed by atoms with E-state index in [1.807, 2.05) is 24.3 Å². The standard InChI is InChI=1S/C20H20N2O4/c1-13(2)14-7-9-15(10-8-14)19-21-18(26-22-19)12-25-20(23)16-5-4-6-17(11-16)24-3/h4-11,13H,12H2,1-3H3. The van der Waals surface area contributed by atoms with Gasteiger partial charge in [0.2, 0.25) is 5.82 Å². The molecule has 0 amide bonds. The lowest BCUT2D eigenvalue weighted by atomic mass is 10.0. The third kappa shape index (κ3) is 4.08. The monoisotopic (exact) mass is 352 g/mol. The minimum Gasteiger partial charge on any atom is -0.497 e. The Kier molecular flexibility index (Phi) is 5.31. The van der Waals surface area contributed by atoms with Crippen molar-refractivity contribution in [3.63, 3.8) is 0 Å². The highest BCUT2D eigenvalue weighted by molar-refractivity contribution is 5.89. The van der Waals surface area contributed by atoms with Crippen molar-refractivity contribution in [2.75, 3.05) is 7.11 Å². The molecule has 0 bridgehead atoms. The predicted octanol–water partition coefficient (Wildman–Crippen LogP) is 4.23. The number of esters is 1. The lowest BCUT2D eigenvalue weighted by Gasteiger charge is -2.04. The van der Waals surface area contributed by atoms with Crippen LogP contribution in [0.15, 0.2) is 53.1 Å². The van der Waals surface area contributed by atoms with Crippen LogP contribution in [0.5, 0.6) is 5.75 Å². The molecule has 0 aliphatic heterocycles. The third-order valence-corrected chi connectivity index (χ3v) is 3.94. The fourth-order valence-corrected chi connectivity index (χ4v) is 2.41. The van der Waals surface area contributed by atoms with E-state index >= 15 is 0 Å². The Morgan fingerprint density at radius 1 is 1.15 bits per heavy atom. The van der Waals surface area contributed by atoms with Crippen molar-refractivity contribution >= 4 is 5.97 Å². The van der Waals surface area contributed by atoms with Crippen molar-refractivity contribution < 1.29 is 18.8 Å². The van der Waals surface area contributed by atoms with Crippen molar-refractivity contribution in [3.8, 4) is 17.1 Å². The van der Waals surface area contributed by atoms with Gasteiger partial charge < -0.3 is 14.0 Å². The van der Waals surface area contributed by atoms with E-state index in [4.69, 9.17) is 14.0 Å². The van der Waals surface area contributed by atoms with Gasteiger partial charge in [-0.25, -0.2) is 4.79 Å². The Morgan fingerprint density at radius 3 is 2.62 bits per heavy atom. The van der Waals surface area contributed by atoms with E-state index in [0.717, 1.165) is 5.56 Å².